The van der Waals surface area contributed by atoms with Crippen LogP contribution in [0.3, 0.4) is 0 Å². The second kappa shape index (κ2) is 6.89. The summed E-state index contributed by atoms with van der Waals surface area (Å²) in [6.07, 6.45) is 2.62. The maximum absolute atomic E-state index is 12.4. The van der Waals surface area contributed by atoms with Gasteiger partial charge >= 0.3 is 0 Å². The number of aryl methyl sites for hydroxylation is 1. The summed E-state index contributed by atoms with van der Waals surface area (Å²) in [5.74, 6) is 0.775. The molecule has 0 spiro atoms. The monoisotopic (exact) mass is 274 g/mol. The zero-order valence-corrected chi connectivity index (χ0v) is 12.9. The van der Waals surface area contributed by atoms with Gasteiger partial charge in [-0.3, -0.25) is 4.79 Å². The molecule has 0 aromatic heterocycles. The van der Waals surface area contributed by atoms with Crippen LogP contribution in [0.15, 0.2) is 24.3 Å². The molecule has 1 aliphatic heterocycles. The van der Waals surface area contributed by atoms with Crippen LogP contribution in [0.25, 0.3) is 0 Å². The summed E-state index contributed by atoms with van der Waals surface area (Å²) in [5.41, 5.74) is 2.41. The lowest BCUT2D eigenvalue weighted by Gasteiger charge is -2.30. The van der Waals surface area contributed by atoms with Crippen LogP contribution in [0.5, 0.6) is 0 Å². The third-order valence-electron chi connectivity index (χ3n) is 4.07. The predicted molar refractivity (Wildman–Crippen MR) is 84.0 cm³/mol. The third kappa shape index (κ3) is 3.40. The number of benzene rings is 1. The van der Waals surface area contributed by atoms with E-state index in [9.17, 15) is 4.79 Å². The first kappa shape index (κ1) is 15.0. The third-order valence-corrected chi connectivity index (χ3v) is 4.07. The van der Waals surface area contributed by atoms with E-state index in [4.69, 9.17) is 0 Å². The normalized spacial score (nSPS) is 17.0. The largest absolute Gasteiger partial charge is 0.312 e. The molecule has 0 saturated heterocycles. The molecular weight excluding hydrogens is 248 g/mol. The van der Waals surface area contributed by atoms with Crippen molar-refractivity contribution in [2.45, 2.75) is 46.1 Å². The number of nitrogens with one attached hydrogen (secondary N) is 1. The van der Waals surface area contributed by atoms with Crippen LogP contribution >= 0.6 is 0 Å². The van der Waals surface area contributed by atoms with Crippen LogP contribution in [-0.4, -0.2) is 25.0 Å². The molecule has 0 bridgehead atoms. The van der Waals surface area contributed by atoms with E-state index in [2.05, 4.69) is 44.3 Å². The fourth-order valence-electron chi connectivity index (χ4n) is 2.86. The molecular formula is C17H26N2O. The van der Waals surface area contributed by atoms with Gasteiger partial charge in [-0.25, -0.2) is 0 Å². The summed E-state index contributed by atoms with van der Waals surface area (Å²) in [5, 5.41) is 3.51. The van der Waals surface area contributed by atoms with Crippen LogP contribution < -0.4 is 10.2 Å². The number of hydrogen-bond acceptors (Lipinski definition) is 2. The van der Waals surface area contributed by atoms with E-state index in [0.29, 0.717) is 18.4 Å². The molecule has 1 heterocycles. The van der Waals surface area contributed by atoms with E-state index < -0.39 is 0 Å². The summed E-state index contributed by atoms with van der Waals surface area (Å²) < 4.78 is 0. The van der Waals surface area contributed by atoms with E-state index in [1.807, 2.05) is 11.0 Å². The van der Waals surface area contributed by atoms with E-state index in [1.165, 1.54) is 5.56 Å². The predicted octanol–water partition coefficient (Wildman–Crippen LogP) is 2.99. The van der Waals surface area contributed by atoms with Gasteiger partial charge in [0.15, 0.2) is 0 Å². The molecule has 20 heavy (non-hydrogen) atoms. The molecule has 1 unspecified atom stereocenters. The first-order valence-electron chi connectivity index (χ1n) is 7.75. The number of rotatable bonds is 5. The van der Waals surface area contributed by atoms with E-state index in [-0.39, 0.29) is 5.91 Å². The van der Waals surface area contributed by atoms with Crippen molar-refractivity contribution in [3.05, 3.63) is 29.8 Å². The Balaban J connectivity index is 2.25. The molecule has 0 radical (unpaired) electrons. The Morgan fingerprint density at radius 3 is 2.70 bits per heavy atom. The summed E-state index contributed by atoms with van der Waals surface area (Å²) >= 11 is 0. The molecule has 0 saturated carbocycles. The average molecular weight is 274 g/mol. The molecule has 1 aliphatic rings. The van der Waals surface area contributed by atoms with Crippen LogP contribution in [0.4, 0.5) is 5.69 Å². The fraction of sp³-hybridized carbons (Fsp3) is 0.588. The van der Waals surface area contributed by atoms with Gasteiger partial charge in [-0.2, -0.15) is 0 Å². The Hall–Kier alpha value is -1.35. The van der Waals surface area contributed by atoms with Crippen molar-refractivity contribution < 1.29 is 4.79 Å². The highest BCUT2D eigenvalue weighted by molar-refractivity contribution is 5.94. The number of anilines is 1. The molecule has 1 atom stereocenters. The van der Waals surface area contributed by atoms with Gasteiger partial charge in [-0.05, 0) is 36.9 Å². The lowest BCUT2D eigenvalue weighted by molar-refractivity contribution is -0.118. The van der Waals surface area contributed by atoms with Crippen LogP contribution in [0.2, 0.25) is 0 Å². The molecule has 1 aromatic carbocycles. The van der Waals surface area contributed by atoms with Crippen molar-refractivity contribution in [2.75, 3.05) is 18.0 Å². The molecule has 1 aromatic rings. The first-order valence-corrected chi connectivity index (χ1v) is 7.75. The smallest absolute Gasteiger partial charge is 0.227 e. The number of fused-ring (bicyclic) bond motifs is 1. The molecule has 1 N–H and O–H groups in total. The lowest BCUT2D eigenvalue weighted by atomic mass is 10.0. The highest BCUT2D eigenvalue weighted by Crippen LogP contribution is 2.27. The van der Waals surface area contributed by atoms with Crippen molar-refractivity contribution >= 4 is 11.6 Å². The molecule has 110 valence electrons. The fourth-order valence-corrected chi connectivity index (χ4v) is 2.86. The lowest BCUT2D eigenvalue weighted by Crippen LogP contribution is -2.46. The Morgan fingerprint density at radius 2 is 2.00 bits per heavy atom. The number of amides is 1. The van der Waals surface area contributed by atoms with Gasteiger partial charge in [0.25, 0.3) is 0 Å². The summed E-state index contributed by atoms with van der Waals surface area (Å²) in [7, 11) is 0. The minimum atomic E-state index is 0.263. The highest BCUT2D eigenvalue weighted by atomic mass is 16.2. The SMILES string of the molecule is CCNC(CN1C(=O)CCCc2ccccc21)C(C)C. The Labute approximate surface area is 122 Å². The Morgan fingerprint density at radius 1 is 1.25 bits per heavy atom. The summed E-state index contributed by atoms with van der Waals surface area (Å²) in [6.45, 7) is 8.24. The van der Waals surface area contributed by atoms with Crippen molar-refractivity contribution in [3.63, 3.8) is 0 Å². The summed E-state index contributed by atoms with van der Waals surface area (Å²) in [6, 6.07) is 8.68. The highest BCUT2D eigenvalue weighted by Gasteiger charge is 2.25. The minimum Gasteiger partial charge on any atom is -0.312 e. The number of carbonyl (C=O) groups excluding carboxylic acids is 1. The molecule has 2 rings (SSSR count). The number of likely N-dealkylation sites (N-methyl/N-ethyl adjacent to an activating group) is 1. The molecule has 0 fully saturated rings. The second-order valence-electron chi connectivity index (χ2n) is 5.89. The maximum Gasteiger partial charge on any atom is 0.227 e. The first-order chi connectivity index (χ1) is 9.63. The van der Waals surface area contributed by atoms with Crippen LogP contribution in [-0.2, 0) is 11.2 Å². The van der Waals surface area contributed by atoms with E-state index in [0.717, 1.165) is 31.6 Å². The average Bonchev–Trinajstić information content (AvgIpc) is 2.58. The van der Waals surface area contributed by atoms with Crippen molar-refractivity contribution in [1.82, 2.24) is 5.32 Å². The van der Waals surface area contributed by atoms with Crippen molar-refractivity contribution in [2.24, 2.45) is 5.92 Å². The number of hydrogen-bond donors (Lipinski definition) is 1. The van der Waals surface area contributed by atoms with Crippen molar-refractivity contribution in [1.29, 1.82) is 0 Å². The molecule has 0 aliphatic carbocycles. The quantitative estimate of drug-likeness (QED) is 0.895. The van der Waals surface area contributed by atoms with Gasteiger partial charge < -0.3 is 10.2 Å². The van der Waals surface area contributed by atoms with Gasteiger partial charge in [-0.1, -0.05) is 39.0 Å². The van der Waals surface area contributed by atoms with Gasteiger partial charge in [-0.15, -0.1) is 0 Å². The zero-order chi connectivity index (χ0) is 14.5. The standard InChI is InChI=1S/C17H26N2O/c1-4-18-15(13(2)3)12-19-16-10-6-5-8-14(16)9-7-11-17(19)20/h5-6,8,10,13,15,18H,4,7,9,11-12H2,1-3H3. The Kier molecular flexibility index (Phi) is 5.18. The van der Waals surface area contributed by atoms with Gasteiger partial charge in [0.05, 0.1) is 0 Å². The molecule has 3 nitrogen and oxygen atoms in total. The number of nitrogens with zero attached hydrogens (tertiary/aromatic N) is 1. The van der Waals surface area contributed by atoms with Crippen molar-refractivity contribution in [3.8, 4) is 0 Å². The number of carbonyl (C=O) groups is 1. The van der Waals surface area contributed by atoms with Crippen LogP contribution in [0, 0.1) is 5.92 Å². The van der Waals surface area contributed by atoms with E-state index >= 15 is 0 Å². The maximum atomic E-state index is 12.4. The molecule has 3 heteroatoms. The topological polar surface area (TPSA) is 32.3 Å². The number of para-hydroxylation sites is 1. The van der Waals surface area contributed by atoms with Gasteiger partial charge in [0.1, 0.15) is 0 Å². The second-order valence-corrected chi connectivity index (χ2v) is 5.89. The van der Waals surface area contributed by atoms with Gasteiger partial charge in [0.2, 0.25) is 5.91 Å². The van der Waals surface area contributed by atoms with Gasteiger partial charge in [0, 0.05) is 24.7 Å². The molecule has 1 amide bonds. The van der Waals surface area contributed by atoms with E-state index in [1.54, 1.807) is 0 Å². The minimum absolute atomic E-state index is 0.263. The summed E-state index contributed by atoms with van der Waals surface area (Å²) in [4.78, 5) is 14.4. The zero-order valence-electron chi connectivity index (χ0n) is 12.9. The van der Waals surface area contributed by atoms with Crippen LogP contribution in [0.1, 0.15) is 39.2 Å². The Bertz CT molecular complexity index is 456.